The minimum Gasteiger partial charge on any atom is -0.488 e. The Balaban J connectivity index is 0.000000254. The van der Waals surface area contributed by atoms with Crippen molar-refractivity contribution >= 4 is 102 Å². The van der Waals surface area contributed by atoms with E-state index in [1.165, 1.54) is 86.0 Å². The number of anilines is 2. The zero-order valence-corrected chi connectivity index (χ0v) is 64.2. The summed E-state index contributed by atoms with van der Waals surface area (Å²) in [5.74, 6) is 1.78. The summed E-state index contributed by atoms with van der Waals surface area (Å²) in [4.78, 5) is 19.3. The van der Waals surface area contributed by atoms with Crippen molar-refractivity contribution in [2.75, 3.05) is 49.2 Å². The summed E-state index contributed by atoms with van der Waals surface area (Å²) in [6.07, 6.45) is 20.6. The van der Waals surface area contributed by atoms with Gasteiger partial charge in [0.15, 0.2) is 6.29 Å². The smallest absolute Gasteiger partial charge is 0.261 e. The normalized spacial score (nSPS) is 11.8. The maximum absolute atomic E-state index is 11.2. The van der Waals surface area contributed by atoms with E-state index in [-0.39, 0.29) is 17.5 Å². The first-order valence-electron chi connectivity index (χ1n) is 36.3. The van der Waals surface area contributed by atoms with Crippen molar-refractivity contribution in [2.45, 2.75) is 150 Å². The first kappa shape index (κ1) is 78.6. The van der Waals surface area contributed by atoms with E-state index < -0.39 is 16.6 Å². The number of ether oxygens (including phenoxy) is 2. The molecule has 530 valence electrons. The number of hydrogen-bond donors (Lipinski definition) is 0. The van der Waals surface area contributed by atoms with E-state index in [2.05, 4.69) is 301 Å². The highest BCUT2D eigenvalue weighted by Crippen LogP contribution is 2.39. The van der Waals surface area contributed by atoms with Crippen LogP contribution in [0.4, 0.5) is 11.4 Å². The van der Waals surface area contributed by atoms with E-state index in [1.54, 1.807) is 11.3 Å². The SMILES string of the molecule is C.CCCCCN(CCCCO[Si](c1ccccc1)(c1ccccc1)C(C)(C)C)c1ccc(/C=C/c2ccc(C=O)s2)c(OCc2ccccc2)c1.CCCCCN(CCCCO[Si](c1ccccc1)(c1ccccc1)C(C)(C)C)c1ccc(/C=C/c2cccs2)c(OCc2ccccc2)c1. The zero-order valence-electron chi connectivity index (χ0n) is 60.5. The summed E-state index contributed by atoms with van der Waals surface area (Å²) in [5.41, 5.74) is 6.82. The van der Waals surface area contributed by atoms with Gasteiger partial charge in [0.2, 0.25) is 0 Å². The Labute approximate surface area is 616 Å². The first-order valence-corrected chi connectivity index (χ1v) is 41.8. The van der Waals surface area contributed by atoms with Gasteiger partial charge in [0.1, 0.15) is 24.7 Å². The highest BCUT2D eigenvalue weighted by molar-refractivity contribution is 7.14. The molecule has 10 rings (SSSR count). The molecule has 7 nitrogen and oxygen atoms in total. The molecule has 0 N–H and O–H groups in total. The van der Waals surface area contributed by atoms with Crippen LogP contribution in [0.3, 0.4) is 0 Å². The quantitative estimate of drug-likeness (QED) is 0.0218. The predicted octanol–water partition coefficient (Wildman–Crippen LogP) is 22.2. The summed E-state index contributed by atoms with van der Waals surface area (Å²) in [5, 5.41) is 7.39. The largest absolute Gasteiger partial charge is 0.488 e. The van der Waals surface area contributed by atoms with Crippen molar-refractivity contribution in [3.05, 3.63) is 285 Å². The molecule has 0 fully saturated rings. The maximum atomic E-state index is 11.2. The molecule has 11 heteroatoms. The number of carbonyl (C=O) groups excluding carboxylic acids is 1. The molecule has 8 aromatic carbocycles. The van der Waals surface area contributed by atoms with Gasteiger partial charge in [0.05, 0.1) is 4.88 Å². The highest BCUT2D eigenvalue weighted by Gasteiger charge is 2.51. The van der Waals surface area contributed by atoms with Gasteiger partial charge in [-0.25, -0.2) is 0 Å². The number of thiophene rings is 2. The average molecular weight is 1420 g/mol. The van der Waals surface area contributed by atoms with Gasteiger partial charge in [0.25, 0.3) is 16.6 Å². The van der Waals surface area contributed by atoms with Crippen LogP contribution in [0.1, 0.15) is 169 Å². The Hall–Kier alpha value is -8.14. The molecule has 0 saturated carbocycles. The summed E-state index contributed by atoms with van der Waals surface area (Å²) < 4.78 is 27.4. The number of unbranched alkanes of at least 4 members (excludes halogenated alkanes) is 6. The first-order chi connectivity index (χ1) is 48.7. The second-order valence-corrected chi connectivity index (χ2v) is 38.6. The Morgan fingerprint density at radius 3 is 1.08 bits per heavy atom. The third-order valence-electron chi connectivity index (χ3n) is 18.5. The maximum Gasteiger partial charge on any atom is 0.261 e. The molecular formula is C90H110N2O5S2Si2. The van der Waals surface area contributed by atoms with Crippen LogP contribution in [0.15, 0.2) is 248 Å². The van der Waals surface area contributed by atoms with Crippen molar-refractivity contribution in [1.29, 1.82) is 0 Å². The molecule has 2 aromatic heterocycles. The van der Waals surface area contributed by atoms with Crippen molar-refractivity contribution in [3.63, 3.8) is 0 Å². The molecule has 101 heavy (non-hydrogen) atoms. The Kier molecular flexibility index (Phi) is 31.5. The van der Waals surface area contributed by atoms with Crippen molar-refractivity contribution in [1.82, 2.24) is 0 Å². The standard InChI is InChI=1S/C45H53NO3SSi.C44H53NO2SSi.CH4/c1-5-6-16-31-46(32-17-18-33-49-51(45(2,3)4,42-21-12-8-13-22-42)43-23-14-9-15-24-43)39-27-25-38(26-28-40-29-30-41(35-47)50-40)44(34-39)48-36-37-19-10-7-11-20-37;1-5-6-16-31-45(32-17-18-33-47-49(44(2,3)4,41-23-12-8-13-24-41)42-25-14-9-15-26-42)39-29-27-38(28-30-40-22-19-34-48-40)43(35-39)46-36-37-20-10-7-11-21-37;/h7-15,19-30,34-35H,5-6,16-18,31-33,36H2,1-4H3;7-15,19-30,34-35H,5-6,16-18,31-33,36H2,1-4H3;1H4/b28-26+;30-28+;. The number of rotatable bonds is 37. The van der Waals surface area contributed by atoms with Crippen LogP contribution in [-0.2, 0) is 22.1 Å². The van der Waals surface area contributed by atoms with Crippen molar-refractivity contribution in [2.24, 2.45) is 0 Å². The van der Waals surface area contributed by atoms with Crippen LogP contribution in [0.2, 0.25) is 10.1 Å². The van der Waals surface area contributed by atoms with Crippen LogP contribution in [0.25, 0.3) is 24.3 Å². The Morgan fingerprint density at radius 1 is 0.386 bits per heavy atom. The topological polar surface area (TPSA) is 60.5 Å². The van der Waals surface area contributed by atoms with E-state index in [9.17, 15) is 4.79 Å². The van der Waals surface area contributed by atoms with Gasteiger partial charge in [0, 0.05) is 83.8 Å². The lowest BCUT2D eigenvalue weighted by atomic mass is 10.1. The van der Waals surface area contributed by atoms with Gasteiger partial charge < -0.3 is 28.1 Å². The van der Waals surface area contributed by atoms with Crippen LogP contribution < -0.4 is 40.0 Å². The van der Waals surface area contributed by atoms with Crippen LogP contribution >= 0.6 is 22.7 Å². The number of nitrogens with zero attached hydrogens (tertiary/aromatic N) is 2. The van der Waals surface area contributed by atoms with Gasteiger partial charge >= 0.3 is 0 Å². The minimum atomic E-state index is -2.55. The molecule has 0 unspecified atom stereocenters. The van der Waals surface area contributed by atoms with E-state index in [1.807, 2.05) is 36.4 Å². The third-order valence-corrected chi connectivity index (χ3v) is 30.4. The van der Waals surface area contributed by atoms with Gasteiger partial charge in [-0.1, -0.05) is 277 Å². The average Bonchev–Trinajstić information content (AvgIpc) is 1.04. The Morgan fingerprint density at radius 2 is 0.743 bits per heavy atom. The van der Waals surface area contributed by atoms with Gasteiger partial charge in [-0.2, -0.15) is 0 Å². The third kappa shape index (κ3) is 22.4. The molecular weight excluding hydrogens is 1310 g/mol. The molecule has 0 aliphatic carbocycles. The van der Waals surface area contributed by atoms with Crippen molar-refractivity contribution < 1.29 is 23.1 Å². The number of aldehydes is 1. The van der Waals surface area contributed by atoms with E-state index in [0.717, 1.165) is 116 Å². The molecule has 0 atom stereocenters. The van der Waals surface area contributed by atoms with Gasteiger partial charge in [-0.15, -0.1) is 22.7 Å². The van der Waals surface area contributed by atoms with Gasteiger partial charge in [-0.05, 0) is 153 Å². The van der Waals surface area contributed by atoms with Crippen molar-refractivity contribution in [3.8, 4) is 11.5 Å². The molecule has 10 aromatic rings. The lowest BCUT2D eigenvalue weighted by Crippen LogP contribution is -2.66. The summed E-state index contributed by atoms with van der Waals surface area (Å²) in [6.45, 7) is 25.1. The summed E-state index contributed by atoms with van der Waals surface area (Å²) >= 11 is 3.24. The van der Waals surface area contributed by atoms with Crippen LogP contribution in [-0.4, -0.2) is 62.3 Å². The monoisotopic (exact) mass is 1420 g/mol. The number of carbonyl (C=O) groups is 1. The Bertz CT molecular complexity index is 3930. The zero-order chi connectivity index (χ0) is 70.3. The van der Waals surface area contributed by atoms with E-state index in [4.69, 9.17) is 18.3 Å². The van der Waals surface area contributed by atoms with Gasteiger partial charge in [-0.3, -0.25) is 4.79 Å². The van der Waals surface area contributed by atoms with E-state index >= 15 is 0 Å². The molecule has 0 bridgehead atoms. The lowest BCUT2D eigenvalue weighted by molar-refractivity contribution is 0.112. The fourth-order valence-electron chi connectivity index (χ4n) is 13.3. The molecule has 0 radical (unpaired) electrons. The molecule has 0 saturated heterocycles. The number of benzene rings is 8. The molecule has 2 heterocycles. The highest BCUT2D eigenvalue weighted by atomic mass is 32.1. The fraction of sp³-hybridized carbons (Fsp3) is 0.322. The summed E-state index contributed by atoms with van der Waals surface area (Å²) in [7, 11) is -5.09. The molecule has 0 aliphatic heterocycles. The number of hydrogen-bond acceptors (Lipinski definition) is 9. The predicted molar refractivity (Wildman–Crippen MR) is 442 cm³/mol. The lowest BCUT2D eigenvalue weighted by Gasteiger charge is -2.43. The molecule has 0 spiro atoms. The fourth-order valence-corrected chi connectivity index (χ4v) is 23.9. The van der Waals surface area contributed by atoms with Crippen LogP contribution in [0.5, 0.6) is 11.5 Å². The molecule has 0 aliphatic rings. The second kappa shape index (κ2) is 40.5. The van der Waals surface area contributed by atoms with E-state index in [0.29, 0.717) is 13.2 Å². The summed E-state index contributed by atoms with van der Waals surface area (Å²) in [6, 6.07) is 85.9. The minimum absolute atomic E-state index is 0. The van der Waals surface area contributed by atoms with Crippen LogP contribution in [0, 0.1) is 0 Å². The molecule has 0 amide bonds. The second-order valence-electron chi connectivity index (χ2n) is 27.9.